The molecule has 2 aromatic heterocycles. The minimum absolute atomic E-state index is 0.106. The number of hydrogen-bond acceptors (Lipinski definition) is 7. The van der Waals surface area contributed by atoms with E-state index < -0.39 is 17.3 Å². The van der Waals surface area contributed by atoms with Gasteiger partial charge in [0.1, 0.15) is 5.56 Å². The highest BCUT2D eigenvalue weighted by Crippen LogP contribution is 2.26. The first-order valence-corrected chi connectivity index (χ1v) is 12.6. The topological polar surface area (TPSA) is 101 Å². The van der Waals surface area contributed by atoms with Crippen LogP contribution < -0.4 is 16.2 Å². The van der Waals surface area contributed by atoms with Gasteiger partial charge in [-0.25, -0.2) is 19.2 Å². The van der Waals surface area contributed by atoms with Crippen LogP contribution in [0, 0.1) is 0 Å². The van der Waals surface area contributed by atoms with E-state index in [1.54, 1.807) is 9.47 Å². The van der Waals surface area contributed by atoms with Crippen molar-refractivity contribution in [2.45, 2.75) is 25.7 Å². The lowest BCUT2D eigenvalue weighted by molar-refractivity contribution is -0.129. The number of hydrogen-bond donors (Lipinski definition) is 2. The second-order valence-electron chi connectivity index (χ2n) is 9.47. The predicted octanol–water partition coefficient (Wildman–Crippen LogP) is 3.87. The Kier molecular flexibility index (Phi) is 7.36. The summed E-state index contributed by atoms with van der Waals surface area (Å²) in [6, 6.07) is 15.3. The number of benzene rings is 2. The van der Waals surface area contributed by atoms with Gasteiger partial charge in [0.25, 0.3) is 11.8 Å². The predicted molar refractivity (Wildman–Crippen MR) is 144 cm³/mol. The molecule has 202 valence electrons. The van der Waals surface area contributed by atoms with Gasteiger partial charge in [0.05, 0.1) is 25.6 Å². The lowest BCUT2D eigenvalue weighted by Crippen LogP contribution is -2.56. The summed E-state index contributed by atoms with van der Waals surface area (Å²) in [7, 11) is 1.29. The number of pyridine rings is 1. The third-order valence-corrected chi connectivity index (χ3v) is 6.64. The van der Waals surface area contributed by atoms with Gasteiger partial charge < -0.3 is 9.88 Å². The molecule has 1 saturated heterocycles. The maximum Gasteiger partial charge on any atom is 0.280 e. The number of alkyl halides is 2. The number of likely N-dealkylation sites (tertiary alicyclic amines) is 1. The molecule has 0 bridgehead atoms. The number of fused-ring (bicyclic) bond motifs is 1. The van der Waals surface area contributed by atoms with Crippen molar-refractivity contribution in [1.82, 2.24) is 24.9 Å². The van der Waals surface area contributed by atoms with E-state index in [4.69, 9.17) is 4.84 Å². The molecular formula is C28H28F2N6O3. The van der Waals surface area contributed by atoms with Crippen molar-refractivity contribution in [3.05, 3.63) is 87.8 Å². The summed E-state index contributed by atoms with van der Waals surface area (Å²) in [6.45, 7) is 2.27. The number of nitrogens with one attached hydrogen (secondary N) is 2. The molecule has 39 heavy (non-hydrogen) atoms. The first kappa shape index (κ1) is 26.4. The smallest absolute Gasteiger partial charge is 0.280 e. The van der Waals surface area contributed by atoms with Gasteiger partial charge in [0, 0.05) is 30.3 Å². The van der Waals surface area contributed by atoms with Crippen LogP contribution in [-0.4, -0.2) is 58.0 Å². The third kappa shape index (κ3) is 5.79. The number of hydroxylamine groups is 1. The number of carbonyl (C=O) groups excluding carboxylic acids is 1. The van der Waals surface area contributed by atoms with Crippen LogP contribution in [0.4, 0.5) is 20.4 Å². The van der Waals surface area contributed by atoms with Crippen molar-refractivity contribution in [1.29, 1.82) is 0 Å². The molecule has 1 fully saturated rings. The van der Waals surface area contributed by atoms with Crippen molar-refractivity contribution in [3.8, 4) is 5.69 Å². The van der Waals surface area contributed by atoms with Crippen molar-refractivity contribution in [2.75, 3.05) is 32.1 Å². The van der Waals surface area contributed by atoms with E-state index in [1.807, 2.05) is 48.5 Å². The monoisotopic (exact) mass is 534 g/mol. The van der Waals surface area contributed by atoms with E-state index in [-0.39, 0.29) is 30.0 Å². The third-order valence-electron chi connectivity index (χ3n) is 6.64. The first-order valence-electron chi connectivity index (χ1n) is 12.6. The highest BCUT2D eigenvalue weighted by molar-refractivity contribution is 5.96. The molecule has 1 aliphatic heterocycles. The van der Waals surface area contributed by atoms with E-state index in [0.29, 0.717) is 18.6 Å². The molecule has 11 heteroatoms. The second kappa shape index (κ2) is 10.9. The van der Waals surface area contributed by atoms with Gasteiger partial charge >= 0.3 is 0 Å². The van der Waals surface area contributed by atoms with Crippen LogP contribution in [-0.2, 0) is 17.7 Å². The quantitative estimate of drug-likeness (QED) is 0.315. The number of carbonyl (C=O) groups is 1. The molecule has 2 aromatic carbocycles. The minimum Gasteiger partial charge on any atom is -0.324 e. The second-order valence-corrected chi connectivity index (χ2v) is 9.47. The molecule has 1 amide bonds. The summed E-state index contributed by atoms with van der Waals surface area (Å²) in [6.07, 6.45) is 4.38. The lowest BCUT2D eigenvalue weighted by atomic mass is 10.1. The van der Waals surface area contributed by atoms with Gasteiger partial charge in [-0.1, -0.05) is 31.2 Å². The van der Waals surface area contributed by atoms with Gasteiger partial charge in [-0.05, 0) is 48.2 Å². The molecule has 0 saturated carbocycles. The van der Waals surface area contributed by atoms with Crippen molar-refractivity contribution in [2.24, 2.45) is 0 Å². The molecule has 0 spiro atoms. The number of aromatic nitrogens is 3. The standard InChI is InChI=1S/C28H28F2N6O3/c1-3-18-6-10-21(11-7-18)36-15-23(26(38)34-39-2)24(37)22-14-31-27(33-25(22)36)32-20-8-4-19(5-9-20)12-13-35-16-28(29,30)17-35/h4-11,14-15H,3,12-13,16-17H2,1-2H3,(H,34,38)(H,31,32,33). The van der Waals surface area contributed by atoms with Gasteiger partial charge in [-0.3, -0.25) is 19.3 Å². The largest absolute Gasteiger partial charge is 0.324 e. The normalized spacial score (nSPS) is 14.7. The Morgan fingerprint density at radius 2 is 1.77 bits per heavy atom. The van der Waals surface area contributed by atoms with Gasteiger partial charge in [-0.15, -0.1) is 0 Å². The van der Waals surface area contributed by atoms with Crippen molar-refractivity contribution < 1.29 is 18.4 Å². The highest BCUT2D eigenvalue weighted by atomic mass is 19.3. The molecule has 5 rings (SSSR count). The van der Waals surface area contributed by atoms with Crippen LogP contribution in [0.1, 0.15) is 28.4 Å². The van der Waals surface area contributed by atoms with Crippen molar-refractivity contribution >= 4 is 28.6 Å². The van der Waals surface area contributed by atoms with Crippen LogP contribution in [0.25, 0.3) is 16.7 Å². The van der Waals surface area contributed by atoms with Crippen LogP contribution in [0.3, 0.4) is 0 Å². The van der Waals surface area contributed by atoms with Crippen LogP contribution >= 0.6 is 0 Å². The summed E-state index contributed by atoms with van der Waals surface area (Å²) in [5.74, 6) is -2.96. The zero-order valence-electron chi connectivity index (χ0n) is 21.6. The van der Waals surface area contributed by atoms with E-state index in [0.717, 1.165) is 28.9 Å². The number of amides is 1. The Hall–Kier alpha value is -4.22. The molecule has 3 heterocycles. The van der Waals surface area contributed by atoms with Gasteiger partial charge in [0.2, 0.25) is 11.4 Å². The SMILES string of the molecule is CCc1ccc(-n2cc(C(=O)NOC)c(=O)c3cnc(Nc4ccc(CCN5CC(F)(F)C5)cc4)nc32)cc1. The average Bonchev–Trinajstić information content (AvgIpc) is 2.92. The van der Waals surface area contributed by atoms with Crippen LogP contribution in [0.2, 0.25) is 0 Å². The zero-order chi connectivity index (χ0) is 27.6. The molecule has 9 nitrogen and oxygen atoms in total. The lowest BCUT2D eigenvalue weighted by Gasteiger charge is -2.38. The molecule has 1 aliphatic rings. The van der Waals surface area contributed by atoms with Crippen LogP contribution in [0.15, 0.2) is 65.7 Å². The summed E-state index contributed by atoms with van der Waals surface area (Å²) in [4.78, 5) is 41.0. The Morgan fingerprint density at radius 1 is 1.08 bits per heavy atom. The average molecular weight is 535 g/mol. The fourth-order valence-corrected chi connectivity index (χ4v) is 4.51. The maximum absolute atomic E-state index is 13.1. The van der Waals surface area contributed by atoms with E-state index >= 15 is 0 Å². The summed E-state index contributed by atoms with van der Waals surface area (Å²) < 4.78 is 27.7. The first-order chi connectivity index (χ1) is 18.8. The maximum atomic E-state index is 13.1. The molecular weight excluding hydrogens is 506 g/mol. The number of aryl methyl sites for hydroxylation is 1. The van der Waals surface area contributed by atoms with Gasteiger partial charge in [0.15, 0.2) is 5.65 Å². The fourth-order valence-electron chi connectivity index (χ4n) is 4.51. The van der Waals surface area contributed by atoms with E-state index in [1.165, 1.54) is 19.5 Å². The Bertz CT molecular complexity index is 1550. The van der Waals surface area contributed by atoms with Gasteiger partial charge in [-0.2, -0.15) is 4.98 Å². The molecule has 0 unspecified atom stereocenters. The Morgan fingerprint density at radius 3 is 2.41 bits per heavy atom. The Balaban J connectivity index is 1.42. The number of anilines is 2. The van der Waals surface area contributed by atoms with E-state index in [9.17, 15) is 18.4 Å². The molecule has 0 atom stereocenters. The molecule has 2 N–H and O–H groups in total. The molecule has 4 aromatic rings. The number of rotatable bonds is 9. The zero-order valence-corrected chi connectivity index (χ0v) is 21.6. The highest BCUT2D eigenvalue weighted by Gasteiger charge is 2.43. The summed E-state index contributed by atoms with van der Waals surface area (Å²) >= 11 is 0. The molecule has 0 aliphatic carbocycles. The number of halogens is 2. The summed E-state index contributed by atoms with van der Waals surface area (Å²) in [5, 5.41) is 3.33. The molecule has 0 radical (unpaired) electrons. The fraction of sp³-hybridized carbons (Fsp3) is 0.286. The summed E-state index contributed by atoms with van der Waals surface area (Å²) in [5.41, 5.74) is 5.53. The van der Waals surface area contributed by atoms with Crippen molar-refractivity contribution in [3.63, 3.8) is 0 Å². The van der Waals surface area contributed by atoms with Crippen LogP contribution in [0.5, 0.6) is 0 Å². The van der Waals surface area contributed by atoms with E-state index in [2.05, 4.69) is 27.7 Å². The minimum atomic E-state index is -2.56. The number of nitrogens with zero attached hydrogens (tertiary/aromatic N) is 4. The Labute approximate surface area is 223 Å².